The highest BCUT2D eigenvalue weighted by molar-refractivity contribution is 7.90. The van der Waals surface area contributed by atoms with Gasteiger partial charge in [0.1, 0.15) is 0 Å². The minimum absolute atomic E-state index is 0.293. The highest BCUT2D eigenvalue weighted by Gasteiger charge is 2.19. The Morgan fingerprint density at radius 2 is 1.81 bits per heavy atom. The van der Waals surface area contributed by atoms with Crippen molar-refractivity contribution in [2.75, 3.05) is 6.54 Å². The molecule has 1 aliphatic rings. The molecule has 2 aromatic carbocycles. The highest BCUT2D eigenvalue weighted by atomic mass is 32.2. The zero-order valence-corrected chi connectivity index (χ0v) is 19.4. The number of fused-ring (bicyclic) bond motifs is 1. The molecule has 0 atom stereocenters. The fourth-order valence-electron chi connectivity index (χ4n) is 4.14. The summed E-state index contributed by atoms with van der Waals surface area (Å²) in [6.45, 7) is 2.65. The molecule has 0 amide bonds. The zero-order chi connectivity index (χ0) is 21.8. The Morgan fingerprint density at radius 1 is 1.06 bits per heavy atom. The van der Waals surface area contributed by atoms with E-state index in [9.17, 15) is 8.42 Å². The van der Waals surface area contributed by atoms with Crippen molar-refractivity contribution in [2.24, 2.45) is 0 Å². The van der Waals surface area contributed by atoms with Crippen LogP contribution in [0.5, 0.6) is 0 Å². The molecule has 7 heteroatoms. The zero-order valence-electron chi connectivity index (χ0n) is 17.8. The van der Waals surface area contributed by atoms with Crippen molar-refractivity contribution in [3.8, 4) is 0 Å². The second-order valence-electron chi connectivity index (χ2n) is 8.31. The van der Waals surface area contributed by atoms with Gasteiger partial charge < -0.3 is 10.6 Å². The normalized spacial score (nSPS) is 15.1. The molecule has 1 fully saturated rings. The van der Waals surface area contributed by atoms with Gasteiger partial charge in [-0.3, -0.25) is 0 Å². The summed E-state index contributed by atoms with van der Waals surface area (Å²) in [4.78, 5) is 0.293. The second kappa shape index (κ2) is 9.40. The van der Waals surface area contributed by atoms with E-state index in [4.69, 9.17) is 12.2 Å². The maximum absolute atomic E-state index is 13.1. The van der Waals surface area contributed by atoms with Gasteiger partial charge in [-0.05, 0) is 68.2 Å². The summed E-state index contributed by atoms with van der Waals surface area (Å²) < 4.78 is 27.7. The van der Waals surface area contributed by atoms with Crippen LogP contribution >= 0.6 is 12.2 Å². The molecule has 4 rings (SSSR count). The number of hydrogen-bond acceptors (Lipinski definition) is 3. The molecule has 1 aromatic heterocycles. The van der Waals surface area contributed by atoms with E-state index in [1.807, 2.05) is 43.3 Å². The van der Waals surface area contributed by atoms with Crippen molar-refractivity contribution < 1.29 is 8.42 Å². The summed E-state index contributed by atoms with van der Waals surface area (Å²) in [5, 5.41) is 8.32. The van der Waals surface area contributed by atoms with Crippen LogP contribution in [0, 0.1) is 6.92 Å². The third-order valence-electron chi connectivity index (χ3n) is 5.94. The summed E-state index contributed by atoms with van der Waals surface area (Å²) >= 11 is 5.44. The lowest BCUT2D eigenvalue weighted by Gasteiger charge is -2.24. The third kappa shape index (κ3) is 5.10. The summed E-state index contributed by atoms with van der Waals surface area (Å²) in [5.41, 5.74) is 2.79. The predicted octanol–water partition coefficient (Wildman–Crippen LogP) is 4.53. The predicted molar refractivity (Wildman–Crippen MR) is 130 cm³/mol. The number of aromatic nitrogens is 1. The molecule has 1 aliphatic carbocycles. The molecule has 0 unspecified atom stereocenters. The minimum Gasteiger partial charge on any atom is -0.362 e. The summed E-state index contributed by atoms with van der Waals surface area (Å²) in [7, 11) is -3.64. The molecule has 31 heavy (non-hydrogen) atoms. The lowest BCUT2D eigenvalue weighted by molar-refractivity contribution is 0.412. The van der Waals surface area contributed by atoms with Crippen LogP contribution in [-0.2, 0) is 16.4 Å². The van der Waals surface area contributed by atoms with E-state index < -0.39 is 10.0 Å². The molecule has 0 saturated heterocycles. The van der Waals surface area contributed by atoms with Gasteiger partial charge in [0.15, 0.2) is 5.11 Å². The molecule has 5 nitrogen and oxygen atoms in total. The van der Waals surface area contributed by atoms with Gasteiger partial charge in [-0.15, -0.1) is 0 Å². The van der Waals surface area contributed by atoms with Gasteiger partial charge in [0.05, 0.1) is 10.4 Å². The smallest absolute Gasteiger partial charge is 0.268 e. The van der Waals surface area contributed by atoms with Crippen LogP contribution in [0.2, 0.25) is 0 Å². The average molecular weight is 456 g/mol. The van der Waals surface area contributed by atoms with Gasteiger partial charge in [-0.2, -0.15) is 0 Å². The molecule has 164 valence electrons. The standard InChI is InChI=1S/C24H29N3O2S2/c1-18-7-11-22(12-8-18)31(28,29)27-16-14-20-10-9-19(17-23(20)27)13-15-25-24(30)26-21-5-3-2-4-6-21/h7-12,14,16-17,21H,2-6,13,15H2,1H3,(H2,25,26,30). The van der Waals surface area contributed by atoms with Gasteiger partial charge in [0.2, 0.25) is 0 Å². The van der Waals surface area contributed by atoms with Crippen molar-refractivity contribution in [1.29, 1.82) is 0 Å². The molecule has 2 N–H and O–H groups in total. The van der Waals surface area contributed by atoms with Crippen molar-refractivity contribution >= 4 is 38.3 Å². The summed E-state index contributed by atoms with van der Waals surface area (Å²) in [6, 6.07) is 15.3. The highest BCUT2D eigenvalue weighted by Crippen LogP contribution is 2.24. The second-order valence-corrected chi connectivity index (χ2v) is 10.5. The molecule has 0 spiro atoms. The van der Waals surface area contributed by atoms with Crippen LogP contribution in [-0.4, -0.2) is 30.1 Å². The van der Waals surface area contributed by atoms with Crippen molar-refractivity contribution in [2.45, 2.75) is 56.4 Å². The first-order valence-electron chi connectivity index (χ1n) is 10.9. The summed E-state index contributed by atoms with van der Waals surface area (Å²) in [5.74, 6) is 0. The number of aryl methyl sites for hydroxylation is 1. The Balaban J connectivity index is 1.44. The SMILES string of the molecule is Cc1ccc(S(=O)(=O)n2ccc3ccc(CCNC(=S)NC4CCCCC4)cc32)cc1. The van der Waals surface area contributed by atoms with Crippen molar-refractivity contribution in [3.63, 3.8) is 0 Å². The van der Waals surface area contributed by atoms with E-state index in [2.05, 4.69) is 10.6 Å². The van der Waals surface area contributed by atoms with E-state index >= 15 is 0 Å². The van der Waals surface area contributed by atoms with E-state index in [0.717, 1.165) is 22.9 Å². The van der Waals surface area contributed by atoms with E-state index in [1.165, 1.54) is 36.1 Å². The Labute approximate surface area is 189 Å². The summed E-state index contributed by atoms with van der Waals surface area (Å²) in [6.07, 6.45) is 8.62. The lowest BCUT2D eigenvalue weighted by Crippen LogP contribution is -2.43. The number of nitrogens with zero attached hydrogens (tertiary/aromatic N) is 1. The number of nitrogens with one attached hydrogen (secondary N) is 2. The average Bonchev–Trinajstić information content (AvgIpc) is 3.19. The van der Waals surface area contributed by atoms with Crippen LogP contribution < -0.4 is 10.6 Å². The molecule has 0 bridgehead atoms. The molecule has 3 aromatic rings. The molecule has 1 heterocycles. The first kappa shape index (κ1) is 21.8. The van der Waals surface area contributed by atoms with E-state index in [0.29, 0.717) is 28.1 Å². The third-order valence-corrected chi connectivity index (χ3v) is 7.91. The Kier molecular flexibility index (Phi) is 6.62. The molecule has 0 aliphatic heterocycles. The number of rotatable bonds is 6. The molecule has 0 radical (unpaired) electrons. The van der Waals surface area contributed by atoms with Crippen LogP contribution in [0.1, 0.15) is 43.2 Å². The Bertz CT molecular complexity index is 1160. The molecule has 1 saturated carbocycles. The first-order chi connectivity index (χ1) is 14.9. The maximum Gasteiger partial charge on any atom is 0.268 e. The fraction of sp³-hybridized carbons (Fsp3) is 0.375. The van der Waals surface area contributed by atoms with Crippen molar-refractivity contribution in [3.05, 3.63) is 65.9 Å². The first-order valence-corrected chi connectivity index (χ1v) is 12.7. The maximum atomic E-state index is 13.1. The van der Waals surface area contributed by atoms with E-state index in [1.54, 1.807) is 18.3 Å². The van der Waals surface area contributed by atoms with Gasteiger partial charge in [0.25, 0.3) is 10.0 Å². The van der Waals surface area contributed by atoms with Crippen LogP contribution in [0.3, 0.4) is 0 Å². The largest absolute Gasteiger partial charge is 0.362 e. The van der Waals surface area contributed by atoms with Gasteiger partial charge in [-0.25, -0.2) is 12.4 Å². The quantitative estimate of drug-likeness (QED) is 0.535. The lowest BCUT2D eigenvalue weighted by atomic mass is 9.96. The van der Waals surface area contributed by atoms with Gasteiger partial charge in [0, 0.05) is 24.2 Å². The van der Waals surface area contributed by atoms with E-state index in [-0.39, 0.29) is 0 Å². The molecular weight excluding hydrogens is 426 g/mol. The Hall–Kier alpha value is -2.38. The van der Waals surface area contributed by atoms with Crippen LogP contribution in [0.4, 0.5) is 0 Å². The van der Waals surface area contributed by atoms with Crippen LogP contribution in [0.15, 0.2) is 59.6 Å². The fourth-order valence-corrected chi connectivity index (χ4v) is 5.76. The monoisotopic (exact) mass is 455 g/mol. The van der Waals surface area contributed by atoms with Crippen LogP contribution in [0.25, 0.3) is 10.9 Å². The minimum atomic E-state index is -3.64. The molecular formula is C24H29N3O2S2. The van der Waals surface area contributed by atoms with Gasteiger partial charge >= 0.3 is 0 Å². The number of hydrogen-bond donors (Lipinski definition) is 2. The van der Waals surface area contributed by atoms with Gasteiger partial charge in [-0.1, -0.05) is 49.1 Å². The number of thiocarbonyl (C=S) groups is 1. The number of benzene rings is 2. The topological polar surface area (TPSA) is 63.1 Å². The Morgan fingerprint density at radius 3 is 2.55 bits per heavy atom. The van der Waals surface area contributed by atoms with Crippen molar-refractivity contribution in [1.82, 2.24) is 14.6 Å².